The summed E-state index contributed by atoms with van der Waals surface area (Å²) in [5.41, 5.74) is 4.35. The molecule has 2 rings (SSSR count). The molecule has 0 saturated heterocycles. The van der Waals surface area contributed by atoms with Crippen LogP contribution in [0.2, 0.25) is 10.0 Å². The molecule has 2 aromatic rings. The van der Waals surface area contributed by atoms with Gasteiger partial charge in [0.05, 0.1) is 5.75 Å². The summed E-state index contributed by atoms with van der Waals surface area (Å²) in [6.07, 6.45) is 0. The van der Waals surface area contributed by atoms with E-state index in [9.17, 15) is 9.59 Å². The van der Waals surface area contributed by atoms with E-state index in [1.54, 1.807) is 37.1 Å². The Kier molecular flexibility index (Phi) is 8.87. The topological polar surface area (TPSA) is 49.4 Å². The van der Waals surface area contributed by atoms with E-state index >= 15 is 0 Å². The number of rotatable bonds is 8. The zero-order valence-corrected chi connectivity index (χ0v) is 19.4. The van der Waals surface area contributed by atoms with Crippen molar-refractivity contribution in [3.63, 3.8) is 0 Å². The zero-order chi connectivity index (χ0) is 21.6. The SMILES string of the molecule is CNC(=O)[C@@H](C)N(Cc1ccc(Cl)cc1Cl)C(=O)CSCc1cc(C)cc(C)c1. The Balaban J connectivity index is 2.10. The summed E-state index contributed by atoms with van der Waals surface area (Å²) in [4.78, 5) is 26.7. The number of thioether (sulfide) groups is 1. The van der Waals surface area contributed by atoms with Crippen molar-refractivity contribution in [1.82, 2.24) is 10.2 Å². The van der Waals surface area contributed by atoms with Crippen molar-refractivity contribution in [2.75, 3.05) is 12.8 Å². The third-order valence-electron chi connectivity index (χ3n) is 4.55. The molecular weight excluding hydrogens is 427 g/mol. The quantitative estimate of drug-likeness (QED) is 0.612. The maximum absolute atomic E-state index is 13.0. The molecule has 0 radical (unpaired) electrons. The van der Waals surface area contributed by atoms with Gasteiger partial charge in [-0.1, -0.05) is 58.6 Å². The summed E-state index contributed by atoms with van der Waals surface area (Å²) in [6.45, 7) is 6.09. The Morgan fingerprint density at radius 1 is 1.10 bits per heavy atom. The van der Waals surface area contributed by atoms with E-state index in [-0.39, 0.29) is 24.1 Å². The molecule has 7 heteroatoms. The summed E-state index contributed by atoms with van der Waals surface area (Å²) in [5, 5.41) is 3.61. The molecule has 0 spiro atoms. The lowest BCUT2D eigenvalue weighted by Gasteiger charge is -2.28. The fourth-order valence-corrected chi connectivity index (χ4v) is 4.43. The fourth-order valence-electron chi connectivity index (χ4n) is 3.12. The molecule has 29 heavy (non-hydrogen) atoms. The van der Waals surface area contributed by atoms with Gasteiger partial charge in [0.2, 0.25) is 11.8 Å². The van der Waals surface area contributed by atoms with Crippen molar-refractivity contribution in [3.05, 3.63) is 68.7 Å². The van der Waals surface area contributed by atoms with Gasteiger partial charge in [-0.15, -0.1) is 11.8 Å². The predicted octanol–water partition coefficient (Wildman–Crippen LogP) is 5.01. The molecule has 0 bridgehead atoms. The van der Waals surface area contributed by atoms with E-state index in [0.29, 0.717) is 10.0 Å². The molecule has 0 saturated carbocycles. The van der Waals surface area contributed by atoms with Gasteiger partial charge in [0.15, 0.2) is 0 Å². The molecule has 2 aromatic carbocycles. The second kappa shape index (κ2) is 10.9. The van der Waals surface area contributed by atoms with Crippen LogP contribution in [0.1, 0.15) is 29.2 Å². The molecule has 0 heterocycles. The number of benzene rings is 2. The Morgan fingerprint density at radius 3 is 2.34 bits per heavy atom. The third kappa shape index (κ3) is 6.95. The fraction of sp³-hybridized carbons (Fsp3) is 0.364. The van der Waals surface area contributed by atoms with E-state index in [1.165, 1.54) is 28.5 Å². The Morgan fingerprint density at radius 2 is 1.76 bits per heavy atom. The smallest absolute Gasteiger partial charge is 0.242 e. The highest BCUT2D eigenvalue weighted by atomic mass is 35.5. The third-order valence-corrected chi connectivity index (χ3v) is 6.12. The molecule has 2 amide bonds. The van der Waals surface area contributed by atoms with Crippen LogP contribution >= 0.6 is 35.0 Å². The van der Waals surface area contributed by atoms with Crippen molar-refractivity contribution in [2.24, 2.45) is 0 Å². The summed E-state index contributed by atoms with van der Waals surface area (Å²) in [6, 6.07) is 10.9. The van der Waals surface area contributed by atoms with Gasteiger partial charge >= 0.3 is 0 Å². The van der Waals surface area contributed by atoms with Crippen molar-refractivity contribution < 1.29 is 9.59 Å². The van der Waals surface area contributed by atoms with E-state index in [0.717, 1.165) is 11.3 Å². The van der Waals surface area contributed by atoms with Crippen LogP contribution in [0.5, 0.6) is 0 Å². The number of carbonyl (C=O) groups is 2. The highest BCUT2D eigenvalue weighted by Crippen LogP contribution is 2.24. The Labute approximate surface area is 187 Å². The Bertz CT molecular complexity index is 869. The van der Waals surface area contributed by atoms with Gasteiger partial charge in [-0.3, -0.25) is 9.59 Å². The van der Waals surface area contributed by atoms with Gasteiger partial charge in [0, 0.05) is 29.4 Å². The molecule has 0 aromatic heterocycles. The summed E-state index contributed by atoms with van der Waals surface area (Å²) >= 11 is 13.8. The molecule has 1 N–H and O–H groups in total. The molecule has 0 aliphatic carbocycles. The molecule has 0 aliphatic rings. The maximum Gasteiger partial charge on any atom is 0.242 e. The van der Waals surface area contributed by atoms with E-state index in [2.05, 4.69) is 37.4 Å². The lowest BCUT2D eigenvalue weighted by Crippen LogP contribution is -2.47. The first-order chi connectivity index (χ1) is 13.7. The molecule has 0 fully saturated rings. The highest BCUT2D eigenvalue weighted by molar-refractivity contribution is 7.99. The van der Waals surface area contributed by atoms with Crippen LogP contribution in [0.25, 0.3) is 0 Å². The number of halogens is 2. The average Bonchev–Trinajstić information content (AvgIpc) is 2.65. The molecule has 0 aliphatic heterocycles. The number of nitrogens with zero attached hydrogens (tertiary/aromatic N) is 1. The molecular formula is C22H26Cl2N2O2S. The van der Waals surface area contributed by atoms with Crippen LogP contribution in [0.3, 0.4) is 0 Å². The van der Waals surface area contributed by atoms with Gasteiger partial charge in [-0.2, -0.15) is 0 Å². The van der Waals surface area contributed by atoms with E-state index in [1.807, 2.05) is 0 Å². The van der Waals surface area contributed by atoms with Crippen molar-refractivity contribution in [2.45, 2.75) is 39.1 Å². The lowest BCUT2D eigenvalue weighted by atomic mass is 10.1. The zero-order valence-electron chi connectivity index (χ0n) is 17.1. The number of hydrogen-bond donors (Lipinski definition) is 1. The van der Waals surface area contributed by atoms with Crippen LogP contribution in [-0.4, -0.2) is 35.6 Å². The number of aryl methyl sites for hydroxylation is 2. The number of carbonyl (C=O) groups excluding carboxylic acids is 2. The number of likely N-dealkylation sites (N-methyl/N-ethyl adjacent to an activating group) is 1. The maximum atomic E-state index is 13.0. The normalized spacial score (nSPS) is 11.8. The van der Waals surface area contributed by atoms with Gasteiger partial charge in [-0.05, 0) is 44.0 Å². The predicted molar refractivity (Wildman–Crippen MR) is 123 cm³/mol. The second-order valence-corrected chi connectivity index (χ2v) is 8.87. The van der Waals surface area contributed by atoms with Crippen LogP contribution in [0, 0.1) is 13.8 Å². The van der Waals surface area contributed by atoms with Gasteiger partial charge in [-0.25, -0.2) is 0 Å². The summed E-state index contributed by atoms with van der Waals surface area (Å²) in [7, 11) is 1.56. The minimum atomic E-state index is -0.610. The van der Waals surface area contributed by atoms with Crippen molar-refractivity contribution in [1.29, 1.82) is 0 Å². The molecule has 0 unspecified atom stereocenters. The lowest BCUT2D eigenvalue weighted by molar-refractivity contribution is -0.138. The minimum absolute atomic E-state index is 0.110. The number of nitrogens with one attached hydrogen (secondary N) is 1. The highest BCUT2D eigenvalue weighted by Gasteiger charge is 2.26. The summed E-state index contributed by atoms with van der Waals surface area (Å²) in [5.74, 6) is 0.682. The monoisotopic (exact) mass is 452 g/mol. The van der Waals surface area contributed by atoms with Crippen LogP contribution in [0.15, 0.2) is 36.4 Å². The van der Waals surface area contributed by atoms with E-state index in [4.69, 9.17) is 23.2 Å². The second-order valence-electron chi connectivity index (χ2n) is 7.04. The average molecular weight is 453 g/mol. The van der Waals surface area contributed by atoms with Crippen LogP contribution < -0.4 is 5.32 Å². The first-order valence-corrected chi connectivity index (χ1v) is 11.2. The molecule has 156 valence electrons. The number of amides is 2. The van der Waals surface area contributed by atoms with Gasteiger partial charge < -0.3 is 10.2 Å². The van der Waals surface area contributed by atoms with Crippen molar-refractivity contribution >= 4 is 46.8 Å². The first kappa shape index (κ1) is 23.6. The van der Waals surface area contributed by atoms with Gasteiger partial charge in [0.25, 0.3) is 0 Å². The Hall–Kier alpha value is -1.69. The summed E-state index contributed by atoms with van der Waals surface area (Å²) < 4.78 is 0. The van der Waals surface area contributed by atoms with Crippen LogP contribution in [-0.2, 0) is 21.9 Å². The van der Waals surface area contributed by atoms with E-state index < -0.39 is 6.04 Å². The molecule has 1 atom stereocenters. The number of hydrogen-bond acceptors (Lipinski definition) is 3. The largest absolute Gasteiger partial charge is 0.357 e. The van der Waals surface area contributed by atoms with Crippen molar-refractivity contribution in [3.8, 4) is 0 Å². The minimum Gasteiger partial charge on any atom is -0.357 e. The first-order valence-electron chi connectivity index (χ1n) is 9.31. The van der Waals surface area contributed by atoms with Gasteiger partial charge in [0.1, 0.15) is 6.04 Å². The standard InChI is InChI=1S/C22H26Cl2N2O2S/c1-14-7-15(2)9-17(8-14)12-29-13-21(27)26(16(3)22(28)25-4)11-18-5-6-19(23)10-20(18)24/h5-10,16H,11-13H2,1-4H3,(H,25,28)/t16-/m1/s1. The molecule has 4 nitrogen and oxygen atoms in total. The van der Waals surface area contributed by atoms with Crippen LogP contribution in [0.4, 0.5) is 0 Å².